The molecule has 1 N–H and O–H groups in total. The summed E-state index contributed by atoms with van der Waals surface area (Å²) in [6.45, 7) is 7.70. The Bertz CT molecular complexity index is 1000. The Labute approximate surface area is 178 Å². The molecule has 1 aliphatic rings. The van der Waals surface area contributed by atoms with Crippen molar-refractivity contribution in [3.05, 3.63) is 53.9 Å². The molecule has 6 heteroatoms. The van der Waals surface area contributed by atoms with Crippen molar-refractivity contribution in [3.8, 4) is 11.5 Å². The first kappa shape index (κ1) is 20.4. The van der Waals surface area contributed by atoms with Gasteiger partial charge in [-0.15, -0.1) is 0 Å². The molecule has 0 spiro atoms. The summed E-state index contributed by atoms with van der Waals surface area (Å²) in [4.78, 5) is 11.6. The Hall–Kier alpha value is -2.86. The number of fused-ring (bicyclic) bond motifs is 1. The van der Waals surface area contributed by atoms with Crippen LogP contribution in [0.2, 0.25) is 0 Å². The van der Waals surface area contributed by atoms with E-state index in [1.165, 1.54) is 5.56 Å². The van der Waals surface area contributed by atoms with Crippen LogP contribution in [0.25, 0.3) is 10.9 Å². The highest BCUT2D eigenvalue weighted by atomic mass is 16.5. The van der Waals surface area contributed by atoms with Crippen LogP contribution in [0, 0.1) is 6.92 Å². The molecule has 30 heavy (non-hydrogen) atoms. The van der Waals surface area contributed by atoms with E-state index in [9.17, 15) is 0 Å². The van der Waals surface area contributed by atoms with Gasteiger partial charge >= 0.3 is 0 Å². The van der Waals surface area contributed by atoms with Gasteiger partial charge in [0.05, 0.1) is 19.2 Å². The molecule has 6 nitrogen and oxygen atoms in total. The van der Waals surface area contributed by atoms with Gasteiger partial charge in [0.1, 0.15) is 5.82 Å². The predicted molar refractivity (Wildman–Crippen MR) is 120 cm³/mol. The average Bonchev–Trinajstić information content (AvgIpc) is 2.76. The second-order valence-corrected chi connectivity index (χ2v) is 7.77. The van der Waals surface area contributed by atoms with E-state index in [4.69, 9.17) is 14.5 Å². The molecule has 0 atom stereocenters. The van der Waals surface area contributed by atoms with Gasteiger partial charge in [-0.2, -0.15) is 0 Å². The van der Waals surface area contributed by atoms with Crippen molar-refractivity contribution in [2.45, 2.75) is 39.3 Å². The summed E-state index contributed by atoms with van der Waals surface area (Å²) in [5.74, 6) is 2.56. The normalized spacial score (nSPS) is 15.3. The third-order valence-corrected chi connectivity index (χ3v) is 5.69. The number of pyridine rings is 2. The van der Waals surface area contributed by atoms with E-state index >= 15 is 0 Å². The number of anilines is 1. The zero-order chi connectivity index (χ0) is 20.9. The van der Waals surface area contributed by atoms with Crippen LogP contribution >= 0.6 is 0 Å². The minimum Gasteiger partial charge on any atom is -0.493 e. The number of aromatic nitrogens is 2. The van der Waals surface area contributed by atoms with Crippen molar-refractivity contribution in [2.24, 2.45) is 0 Å². The van der Waals surface area contributed by atoms with Crippen LogP contribution < -0.4 is 14.8 Å². The molecule has 158 valence electrons. The number of nitrogens with zero attached hydrogens (tertiary/aromatic N) is 3. The van der Waals surface area contributed by atoms with E-state index in [-0.39, 0.29) is 0 Å². The van der Waals surface area contributed by atoms with Crippen molar-refractivity contribution >= 4 is 16.7 Å². The topological polar surface area (TPSA) is 59.5 Å². The molecule has 1 aliphatic heterocycles. The number of hydrogen-bond donors (Lipinski definition) is 1. The third-order valence-electron chi connectivity index (χ3n) is 5.69. The van der Waals surface area contributed by atoms with Crippen molar-refractivity contribution in [1.29, 1.82) is 0 Å². The first-order valence-corrected chi connectivity index (χ1v) is 10.7. The van der Waals surface area contributed by atoms with Gasteiger partial charge in [-0.1, -0.05) is 6.07 Å². The molecule has 0 bridgehead atoms. The van der Waals surface area contributed by atoms with Gasteiger partial charge in [-0.05, 0) is 62.6 Å². The highest BCUT2D eigenvalue weighted by Gasteiger charge is 2.20. The van der Waals surface area contributed by atoms with Crippen molar-refractivity contribution in [1.82, 2.24) is 14.9 Å². The minimum atomic E-state index is 0.448. The standard InChI is InChI=1S/C24H30N4O2/c1-4-30-23-15-18(5-7-22(23)29-3)16-28-13-10-19(11-14-28)26-24-8-6-20-17(2)25-12-9-21(20)27-24/h5-9,12,15,19H,4,10-11,13-14,16H2,1-3H3,(H,26,27). The molecule has 1 fully saturated rings. The molecule has 4 rings (SSSR count). The predicted octanol–water partition coefficient (Wildman–Crippen LogP) is 4.42. The fourth-order valence-electron chi connectivity index (χ4n) is 4.07. The molecule has 0 saturated carbocycles. The van der Waals surface area contributed by atoms with Crippen molar-refractivity contribution in [2.75, 3.05) is 32.1 Å². The molecule has 0 unspecified atom stereocenters. The second-order valence-electron chi connectivity index (χ2n) is 7.77. The van der Waals surface area contributed by atoms with E-state index in [0.717, 1.165) is 66.4 Å². The lowest BCUT2D eigenvalue weighted by molar-refractivity contribution is 0.210. The molecule has 0 amide bonds. The Morgan fingerprint density at radius 3 is 2.70 bits per heavy atom. The quantitative estimate of drug-likeness (QED) is 0.627. The fourth-order valence-corrected chi connectivity index (χ4v) is 4.07. The molecule has 0 radical (unpaired) electrons. The van der Waals surface area contributed by atoms with Gasteiger partial charge in [-0.25, -0.2) is 4.98 Å². The lowest BCUT2D eigenvalue weighted by Crippen LogP contribution is -2.38. The number of methoxy groups -OCH3 is 1. The SMILES string of the molecule is CCOc1cc(CN2CCC(Nc3ccc4c(C)nccc4n3)CC2)ccc1OC. The summed E-state index contributed by atoms with van der Waals surface area (Å²) in [5.41, 5.74) is 3.27. The average molecular weight is 407 g/mol. The van der Waals surface area contributed by atoms with Crippen molar-refractivity contribution in [3.63, 3.8) is 0 Å². The Kier molecular flexibility index (Phi) is 6.33. The van der Waals surface area contributed by atoms with Crippen LogP contribution in [0.1, 0.15) is 31.0 Å². The number of likely N-dealkylation sites (tertiary alicyclic amines) is 1. The summed E-state index contributed by atoms with van der Waals surface area (Å²) < 4.78 is 11.1. The summed E-state index contributed by atoms with van der Waals surface area (Å²) in [5, 5.41) is 4.74. The number of benzene rings is 1. The first-order valence-electron chi connectivity index (χ1n) is 10.7. The third kappa shape index (κ3) is 4.65. The van der Waals surface area contributed by atoms with Crippen LogP contribution in [-0.2, 0) is 6.54 Å². The largest absolute Gasteiger partial charge is 0.493 e. The van der Waals surface area contributed by atoms with Crippen molar-refractivity contribution < 1.29 is 9.47 Å². The number of aryl methyl sites for hydroxylation is 1. The maximum absolute atomic E-state index is 5.71. The lowest BCUT2D eigenvalue weighted by atomic mass is 10.0. The highest BCUT2D eigenvalue weighted by Crippen LogP contribution is 2.29. The summed E-state index contributed by atoms with van der Waals surface area (Å²) in [6, 6.07) is 12.8. The van der Waals surface area contributed by atoms with E-state index in [0.29, 0.717) is 12.6 Å². The fraction of sp³-hybridized carbons (Fsp3) is 0.417. The zero-order valence-electron chi connectivity index (χ0n) is 18.0. The van der Waals surface area contributed by atoms with Gasteiger partial charge in [0.2, 0.25) is 0 Å². The summed E-state index contributed by atoms with van der Waals surface area (Å²) in [6.07, 6.45) is 4.02. The molecular weight excluding hydrogens is 376 g/mol. The van der Waals surface area contributed by atoms with Gasteiger partial charge in [0.15, 0.2) is 11.5 Å². The minimum absolute atomic E-state index is 0.448. The molecular formula is C24H30N4O2. The van der Waals surface area contributed by atoms with Gasteiger partial charge in [-0.3, -0.25) is 9.88 Å². The molecule has 2 aromatic heterocycles. The Morgan fingerprint density at radius 1 is 1.10 bits per heavy atom. The van der Waals surface area contributed by atoms with Crippen LogP contribution in [0.4, 0.5) is 5.82 Å². The molecule has 0 aliphatic carbocycles. The zero-order valence-corrected chi connectivity index (χ0v) is 18.0. The maximum atomic E-state index is 5.71. The second kappa shape index (κ2) is 9.30. The van der Waals surface area contributed by atoms with Gasteiger partial charge in [0, 0.05) is 43.0 Å². The van der Waals surface area contributed by atoms with Crippen LogP contribution in [-0.4, -0.2) is 47.7 Å². The number of hydrogen-bond acceptors (Lipinski definition) is 6. The highest BCUT2D eigenvalue weighted by molar-refractivity contribution is 5.82. The monoisotopic (exact) mass is 406 g/mol. The van der Waals surface area contributed by atoms with E-state index in [1.807, 2.05) is 32.2 Å². The Morgan fingerprint density at radius 2 is 1.93 bits per heavy atom. The first-order chi connectivity index (χ1) is 14.7. The van der Waals surface area contributed by atoms with E-state index in [2.05, 4.69) is 39.5 Å². The Balaban J connectivity index is 1.33. The summed E-state index contributed by atoms with van der Waals surface area (Å²) in [7, 11) is 1.68. The van der Waals surface area contributed by atoms with Crippen LogP contribution in [0.3, 0.4) is 0 Å². The van der Waals surface area contributed by atoms with Gasteiger partial charge < -0.3 is 14.8 Å². The van der Waals surface area contributed by atoms with E-state index in [1.54, 1.807) is 7.11 Å². The summed E-state index contributed by atoms with van der Waals surface area (Å²) >= 11 is 0. The number of rotatable bonds is 7. The van der Waals surface area contributed by atoms with Gasteiger partial charge in [0.25, 0.3) is 0 Å². The lowest BCUT2D eigenvalue weighted by Gasteiger charge is -2.32. The smallest absolute Gasteiger partial charge is 0.161 e. The van der Waals surface area contributed by atoms with E-state index < -0.39 is 0 Å². The molecule has 1 aromatic carbocycles. The molecule has 3 aromatic rings. The van der Waals surface area contributed by atoms with Crippen LogP contribution in [0.5, 0.6) is 11.5 Å². The maximum Gasteiger partial charge on any atom is 0.161 e. The number of ether oxygens (including phenoxy) is 2. The molecule has 1 saturated heterocycles. The van der Waals surface area contributed by atoms with Crippen LogP contribution in [0.15, 0.2) is 42.6 Å². The molecule has 3 heterocycles. The number of piperidine rings is 1. The number of nitrogens with one attached hydrogen (secondary N) is 1.